The monoisotopic (exact) mass is 315 g/mol. The Morgan fingerprint density at radius 1 is 1.39 bits per heavy atom. The number of carbonyl (C=O) groups excluding carboxylic acids is 1. The molecule has 0 aliphatic carbocycles. The summed E-state index contributed by atoms with van der Waals surface area (Å²) in [7, 11) is 3.59. The number of H-pyrrole nitrogens is 1. The molecule has 0 spiro atoms. The summed E-state index contributed by atoms with van der Waals surface area (Å²) in [6.07, 6.45) is 2.77. The number of aryl methyl sites for hydroxylation is 2. The van der Waals surface area contributed by atoms with E-state index in [0.29, 0.717) is 36.2 Å². The van der Waals surface area contributed by atoms with Crippen LogP contribution in [0.1, 0.15) is 17.9 Å². The van der Waals surface area contributed by atoms with E-state index in [2.05, 4.69) is 15.1 Å². The molecule has 2 aromatic heterocycles. The number of nitrogens with one attached hydrogen (secondary N) is 1. The lowest BCUT2D eigenvalue weighted by Crippen LogP contribution is -2.27. The molecule has 7 heteroatoms. The summed E-state index contributed by atoms with van der Waals surface area (Å²) in [5.41, 5.74) is 2.35. The molecule has 0 aliphatic rings. The van der Waals surface area contributed by atoms with Crippen molar-refractivity contribution in [1.29, 1.82) is 0 Å². The standard InChI is InChI=1S/C16H18FN5O/c1-21(16(23)6-4-12-7-8-18-22(12)2)10-15-19-13-5-3-11(17)9-14(13)20-15/h3,5,7-9H,4,6,10H2,1-2H3,(H,19,20). The number of aromatic nitrogens is 4. The largest absolute Gasteiger partial charge is 0.340 e. The van der Waals surface area contributed by atoms with Crippen LogP contribution in [-0.4, -0.2) is 37.6 Å². The van der Waals surface area contributed by atoms with Gasteiger partial charge < -0.3 is 9.88 Å². The Hall–Kier alpha value is -2.70. The van der Waals surface area contributed by atoms with Crippen molar-refractivity contribution in [2.24, 2.45) is 7.05 Å². The lowest BCUT2D eigenvalue weighted by molar-refractivity contribution is -0.130. The summed E-state index contributed by atoms with van der Waals surface area (Å²) in [4.78, 5) is 21.2. The van der Waals surface area contributed by atoms with Gasteiger partial charge in [0.1, 0.15) is 11.6 Å². The summed E-state index contributed by atoms with van der Waals surface area (Å²) in [5, 5.41) is 4.08. The average molecular weight is 315 g/mol. The van der Waals surface area contributed by atoms with Gasteiger partial charge in [-0.25, -0.2) is 9.37 Å². The van der Waals surface area contributed by atoms with Crippen LogP contribution >= 0.6 is 0 Å². The molecular formula is C16H18FN5O. The number of amides is 1. The molecule has 3 aromatic rings. The maximum Gasteiger partial charge on any atom is 0.223 e. The highest BCUT2D eigenvalue weighted by molar-refractivity contribution is 5.77. The lowest BCUT2D eigenvalue weighted by atomic mass is 10.2. The molecule has 0 fully saturated rings. The zero-order chi connectivity index (χ0) is 16.4. The number of aromatic amines is 1. The number of nitrogens with zero attached hydrogens (tertiary/aromatic N) is 4. The number of hydrogen-bond donors (Lipinski definition) is 1. The van der Waals surface area contributed by atoms with E-state index >= 15 is 0 Å². The van der Waals surface area contributed by atoms with E-state index in [1.54, 1.807) is 28.9 Å². The Kier molecular flexibility index (Phi) is 4.10. The predicted octanol–water partition coefficient (Wildman–Crippen LogP) is 2.03. The molecular weight excluding hydrogens is 297 g/mol. The molecule has 23 heavy (non-hydrogen) atoms. The van der Waals surface area contributed by atoms with Gasteiger partial charge in [0.05, 0.1) is 17.6 Å². The third-order valence-corrected chi connectivity index (χ3v) is 3.82. The zero-order valence-electron chi connectivity index (χ0n) is 13.1. The first kappa shape index (κ1) is 15.2. The summed E-state index contributed by atoms with van der Waals surface area (Å²) < 4.78 is 14.9. The van der Waals surface area contributed by atoms with Gasteiger partial charge in [-0.1, -0.05) is 0 Å². The fourth-order valence-corrected chi connectivity index (χ4v) is 2.49. The normalized spacial score (nSPS) is 11.1. The van der Waals surface area contributed by atoms with Crippen LogP contribution in [0.2, 0.25) is 0 Å². The van der Waals surface area contributed by atoms with Crippen molar-refractivity contribution >= 4 is 16.9 Å². The molecule has 1 N–H and O–H groups in total. The van der Waals surface area contributed by atoms with E-state index in [4.69, 9.17) is 0 Å². The van der Waals surface area contributed by atoms with E-state index in [1.807, 2.05) is 13.1 Å². The summed E-state index contributed by atoms with van der Waals surface area (Å²) in [6, 6.07) is 6.29. The first-order chi connectivity index (χ1) is 11.0. The van der Waals surface area contributed by atoms with Crippen LogP contribution in [0.5, 0.6) is 0 Å². The van der Waals surface area contributed by atoms with E-state index in [0.717, 1.165) is 5.69 Å². The van der Waals surface area contributed by atoms with Crippen molar-refractivity contribution in [3.8, 4) is 0 Å². The molecule has 6 nitrogen and oxygen atoms in total. The summed E-state index contributed by atoms with van der Waals surface area (Å²) in [6.45, 7) is 0.362. The third kappa shape index (κ3) is 3.39. The van der Waals surface area contributed by atoms with Crippen LogP contribution < -0.4 is 0 Å². The number of rotatable bonds is 5. The van der Waals surface area contributed by atoms with Crippen molar-refractivity contribution in [1.82, 2.24) is 24.6 Å². The SMILES string of the molecule is CN(Cc1nc2ccc(F)cc2[nH]1)C(=O)CCc1ccnn1C. The summed E-state index contributed by atoms with van der Waals surface area (Å²) in [5.74, 6) is 0.355. The van der Waals surface area contributed by atoms with E-state index in [9.17, 15) is 9.18 Å². The number of fused-ring (bicyclic) bond motifs is 1. The molecule has 0 saturated heterocycles. The van der Waals surface area contributed by atoms with E-state index in [-0.39, 0.29) is 11.7 Å². The maximum absolute atomic E-state index is 13.2. The minimum Gasteiger partial charge on any atom is -0.340 e. The molecule has 120 valence electrons. The number of halogens is 1. The molecule has 3 rings (SSSR count). The van der Waals surface area contributed by atoms with Crippen molar-refractivity contribution in [2.75, 3.05) is 7.05 Å². The Balaban J connectivity index is 1.61. The fraction of sp³-hybridized carbons (Fsp3) is 0.312. The molecule has 0 aliphatic heterocycles. The van der Waals surface area contributed by atoms with Gasteiger partial charge in [-0.05, 0) is 30.7 Å². The highest BCUT2D eigenvalue weighted by Gasteiger charge is 2.13. The predicted molar refractivity (Wildman–Crippen MR) is 84.1 cm³/mol. The molecule has 0 bridgehead atoms. The highest BCUT2D eigenvalue weighted by atomic mass is 19.1. The maximum atomic E-state index is 13.2. The topological polar surface area (TPSA) is 66.8 Å². The van der Waals surface area contributed by atoms with Crippen molar-refractivity contribution in [3.05, 3.63) is 47.8 Å². The Morgan fingerprint density at radius 2 is 2.22 bits per heavy atom. The van der Waals surface area contributed by atoms with Crippen molar-refractivity contribution in [3.63, 3.8) is 0 Å². The van der Waals surface area contributed by atoms with Gasteiger partial charge in [0.2, 0.25) is 5.91 Å². The second kappa shape index (κ2) is 6.20. The Labute approximate surface area is 132 Å². The van der Waals surface area contributed by atoms with Crippen LogP contribution in [0.4, 0.5) is 4.39 Å². The molecule has 0 atom stereocenters. The molecule has 2 heterocycles. The average Bonchev–Trinajstić information content (AvgIpc) is 3.09. The van der Waals surface area contributed by atoms with Gasteiger partial charge >= 0.3 is 0 Å². The molecule has 0 saturated carbocycles. The smallest absolute Gasteiger partial charge is 0.223 e. The Bertz CT molecular complexity index is 838. The van der Waals surface area contributed by atoms with Gasteiger partial charge in [0, 0.05) is 32.4 Å². The second-order valence-corrected chi connectivity index (χ2v) is 5.54. The third-order valence-electron chi connectivity index (χ3n) is 3.82. The van der Waals surface area contributed by atoms with Crippen LogP contribution in [0.25, 0.3) is 11.0 Å². The fourth-order valence-electron chi connectivity index (χ4n) is 2.49. The van der Waals surface area contributed by atoms with Gasteiger partial charge in [0.15, 0.2) is 0 Å². The molecule has 0 unspecified atom stereocenters. The van der Waals surface area contributed by atoms with E-state index in [1.165, 1.54) is 12.1 Å². The van der Waals surface area contributed by atoms with E-state index < -0.39 is 0 Å². The Morgan fingerprint density at radius 3 is 2.96 bits per heavy atom. The van der Waals surface area contributed by atoms with Gasteiger partial charge in [-0.3, -0.25) is 9.48 Å². The minimum absolute atomic E-state index is 0.0258. The molecule has 0 radical (unpaired) electrons. The number of benzene rings is 1. The van der Waals surface area contributed by atoms with Crippen LogP contribution in [0.3, 0.4) is 0 Å². The first-order valence-corrected chi connectivity index (χ1v) is 7.38. The zero-order valence-corrected chi connectivity index (χ0v) is 13.1. The first-order valence-electron chi connectivity index (χ1n) is 7.38. The number of carbonyl (C=O) groups is 1. The van der Waals surface area contributed by atoms with Gasteiger partial charge in [0.25, 0.3) is 0 Å². The van der Waals surface area contributed by atoms with Crippen LogP contribution in [-0.2, 0) is 24.8 Å². The summed E-state index contributed by atoms with van der Waals surface area (Å²) >= 11 is 0. The number of hydrogen-bond acceptors (Lipinski definition) is 3. The van der Waals surface area contributed by atoms with Gasteiger partial charge in [-0.15, -0.1) is 0 Å². The van der Waals surface area contributed by atoms with Crippen molar-refractivity contribution < 1.29 is 9.18 Å². The van der Waals surface area contributed by atoms with Crippen LogP contribution in [0.15, 0.2) is 30.5 Å². The van der Waals surface area contributed by atoms with Crippen LogP contribution in [0, 0.1) is 5.82 Å². The quantitative estimate of drug-likeness (QED) is 0.783. The molecule has 1 amide bonds. The van der Waals surface area contributed by atoms with Crippen molar-refractivity contribution in [2.45, 2.75) is 19.4 Å². The number of imidazole rings is 1. The highest BCUT2D eigenvalue weighted by Crippen LogP contribution is 2.14. The lowest BCUT2D eigenvalue weighted by Gasteiger charge is -2.15. The second-order valence-electron chi connectivity index (χ2n) is 5.54. The minimum atomic E-state index is -0.312. The molecule has 1 aromatic carbocycles. The van der Waals surface area contributed by atoms with Gasteiger partial charge in [-0.2, -0.15) is 5.10 Å².